The van der Waals surface area contributed by atoms with Gasteiger partial charge in [0.15, 0.2) is 9.84 Å². The minimum absolute atomic E-state index is 0.0838. The zero-order valence-corrected chi connectivity index (χ0v) is 20.0. The molecule has 1 aliphatic heterocycles. The van der Waals surface area contributed by atoms with Crippen LogP contribution >= 0.6 is 0 Å². The first-order chi connectivity index (χ1) is 17.0. The fraction of sp³-hybridized carbons (Fsp3) is 0.304. The number of piperidine rings is 1. The van der Waals surface area contributed by atoms with Gasteiger partial charge in [0.25, 0.3) is 11.7 Å². The molecule has 0 unspecified atom stereocenters. The Hall–Kier alpha value is -3.97. The molecule has 0 spiro atoms. The monoisotopic (exact) mass is 517 g/mol. The summed E-state index contributed by atoms with van der Waals surface area (Å²) >= 11 is 0. The van der Waals surface area contributed by atoms with Crippen LogP contribution in [0.25, 0.3) is 22.8 Å². The first-order valence-corrected chi connectivity index (χ1v) is 12.7. The van der Waals surface area contributed by atoms with Crippen molar-refractivity contribution in [3.05, 3.63) is 54.1 Å². The van der Waals surface area contributed by atoms with Crippen LogP contribution in [-0.2, 0) is 25.9 Å². The predicted octanol–water partition coefficient (Wildman–Crippen LogP) is 3.49. The van der Waals surface area contributed by atoms with E-state index >= 15 is 0 Å². The molecule has 0 atom stereocenters. The minimum Gasteiger partial charge on any atom is -0.450 e. The molecule has 12 nitrogen and oxygen atoms in total. The molecule has 190 valence electrons. The van der Waals surface area contributed by atoms with Gasteiger partial charge in [0.2, 0.25) is 5.82 Å². The molecule has 0 aliphatic carbocycles. The van der Waals surface area contributed by atoms with E-state index in [1.165, 1.54) is 12.1 Å². The molecule has 1 fully saturated rings. The molecule has 2 N–H and O–H groups in total. The molecule has 3 aromatic rings. The highest BCUT2D eigenvalue weighted by atomic mass is 32.2. The van der Waals surface area contributed by atoms with Crippen molar-refractivity contribution >= 4 is 22.1 Å². The van der Waals surface area contributed by atoms with Crippen molar-refractivity contribution in [1.29, 1.82) is 0 Å². The van der Waals surface area contributed by atoms with Gasteiger partial charge < -0.3 is 24.2 Å². The summed E-state index contributed by atoms with van der Waals surface area (Å²) in [5.41, 5.74) is 2.30. The van der Waals surface area contributed by atoms with Crippen LogP contribution in [0.3, 0.4) is 0 Å². The van der Waals surface area contributed by atoms with E-state index < -0.39 is 27.9 Å². The second-order valence-electron chi connectivity index (χ2n) is 8.34. The van der Waals surface area contributed by atoms with Crippen molar-refractivity contribution in [2.24, 2.45) is 0 Å². The maximum absolute atomic E-state index is 11.6. The molecule has 1 saturated heterocycles. The number of sulfone groups is 1. The zero-order chi connectivity index (χ0) is 25.9. The van der Waals surface area contributed by atoms with Gasteiger partial charge in [-0.25, -0.2) is 18.0 Å². The van der Waals surface area contributed by atoms with E-state index in [9.17, 15) is 18.0 Å². The molecule has 0 bridgehead atoms. The first kappa shape index (κ1) is 25.1. The number of carbonyl (C=O) groups is 2. The Morgan fingerprint density at radius 2 is 1.53 bits per heavy atom. The highest BCUT2D eigenvalue weighted by Gasteiger charge is 2.42. The molecule has 0 radical (unpaired) electrons. The van der Waals surface area contributed by atoms with Gasteiger partial charge in [-0.05, 0) is 29.8 Å². The van der Waals surface area contributed by atoms with E-state index in [-0.39, 0.29) is 23.6 Å². The van der Waals surface area contributed by atoms with Gasteiger partial charge in [0, 0.05) is 49.9 Å². The molecule has 0 amide bonds. The van der Waals surface area contributed by atoms with Gasteiger partial charge in [0.05, 0.1) is 4.90 Å². The van der Waals surface area contributed by atoms with Crippen LogP contribution in [0.1, 0.15) is 18.4 Å². The summed E-state index contributed by atoms with van der Waals surface area (Å²) in [5, 5.41) is 21.9. The van der Waals surface area contributed by atoms with Gasteiger partial charge in [-0.2, -0.15) is 4.98 Å². The Morgan fingerprint density at radius 1 is 0.972 bits per heavy atom. The summed E-state index contributed by atoms with van der Waals surface area (Å²) in [6.45, 7) is 1.32. The Bertz CT molecular complexity index is 1330. The quantitative estimate of drug-likeness (QED) is 0.346. The molecule has 2 aromatic carbocycles. The lowest BCUT2D eigenvalue weighted by Gasteiger charge is -2.38. The summed E-state index contributed by atoms with van der Waals surface area (Å²) in [5.74, 6) is -1.05. The highest BCUT2D eigenvalue weighted by molar-refractivity contribution is 7.90. The van der Waals surface area contributed by atoms with E-state index in [1.54, 1.807) is 12.1 Å². The zero-order valence-electron chi connectivity index (χ0n) is 19.2. The van der Waals surface area contributed by atoms with Gasteiger partial charge in [-0.3, -0.25) is 4.90 Å². The van der Waals surface area contributed by atoms with Gasteiger partial charge >= 0.3 is 12.3 Å². The fourth-order valence-corrected chi connectivity index (χ4v) is 4.55. The number of carboxylic acid groups (broad SMARTS) is 2. The normalized spacial score (nSPS) is 15.8. The van der Waals surface area contributed by atoms with Crippen LogP contribution in [0, 0.1) is 0 Å². The molecule has 4 rings (SSSR count). The van der Waals surface area contributed by atoms with Crippen molar-refractivity contribution in [3.63, 3.8) is 0 Å². The van der Waals surface area contributed by atoms with E-state index in [0.717, 1.165) is 17.4 Å². The Balaban J connectivity index is 1.38. The SMILES string of the molecule is CS(=O)(=O)c1ccc(-c2nc(-c3ccc(CN4CCC(OC(=O)O)(OC(=O)O)CC4)cc3)no2)cc1. The average Bonchev–Trinajstić information content (AvgIpc) is 3.30. The molecule has 2 heterocycles. The maximum atomic E-state index is 11.6. The van der Waals surface area contributed by atoms with Gasteiger partial charge in [-0.15, -0.1) is 0 Å². The Labute approximate surface area is 206 Å². The van der Waals surface area contributed by atoms with E-state index in [4.69, 9.17) is 24.2 Å². The standard InChI is InChI=1S/C23H23N3O9S/c1-36(31,32)18-8-6-17(7-9-18)20-24-19(25-35-20)16-4-2-15(3-5-16)14-26-12-10-23(11-13-26,33-21(27)28)34-22(29)30/h2-9H,10-14H2,1H3,(H,27,28)(H,29,30). The smallest absolute Gasteiger partial charge is 0.450 e. The summed E-state index contributed by atoms with van der Waals surface area (Å²) in [7, 11) is -3.30. The summed E-state index contributed by atoms with van der Waals surface area (Å²) in [4.78, 5) is 28.5. The second kappa shape index (κ2) is 9.95. The molecular formula is C23H23N3O9S. The van der Waals surface area contributed by atoms with Crippen LogP contribution in [0.4, 0.5) is 9.59 Å². The van der Waals surface area contributed by atoms with Crippen molar-refractivity contribution < 1.29 is 42.2 Å². The lowest BCUT2D eigenvalue weighted by atomic mass is 10.0. The van der Waals surface area contributed by atoms with Crippen LogP contribution < -0.4 is 0 Å². The highest BCUT2D eigenvalue weighted by Crippen LogP contribution is 2.30. The Kier molecular flexibility index (Phi) is 6.95. The van der Waals surface area contributed by atoms with Gasteiger partial charge in [-0.1, -0.05) is 29.4 Å². The largest absolute Gasteiger partial charge is 0.509 e. The second-order valence-corrected chi connectivity index (χ2v) is 10.4. The van der Waals surface area contributed by atoms with Crippen molar-refractivity contribution in [2.45, 2.75) is 30.1 Å². The lowest BCUT2D eigenvalue weighted by Crippen LogP contribution is -2.49. The molecule has 13 heteroatoms. The van der Waals surface area contributed by atoms with E-state index in [1.807, 2.05) is 29.2 Å². The molecule has 36 heavy (non-hydrogen) atoms. The number of hydrogen-bond acceptors (Lipinski definition) is 10. The lowest BCUT2D eigenvalue weighted by molar-refractivity contribution is -0.206. The number of nitrogens with zero attached hydrogens (tertiary/aromatic N) is 3. The number of rotatable bonds is 7. The third-order valence-electron chi connectivity index (χ3n) is 5.74. The van der Waals surface area contributed by atoms with Crippen LogP contribution in [0.15, 0.2) is 57.9 Å². The maximum Gasteiger partial charge on any atom is 0.509 e. The molecular weight excluding hydrogens is 494 g/mol. The minimum atomic E-state index is -3.30. The summed E-state index contributed by atoms with van der Waals surface area (Å²) in [6, 6.07) is 13.6. The van der Waals surface area contributed by atoms with Crippen molar-refractivity contribution in [1.82, 2.24) is 15.0 Å². The van der Waals surface area contributed by atoms with Crippen molar-refractivity contribution in [3.8, 4) is 22.8 Å². The Morgan fingerprint density at radius 3 is 2.06 bits per heavy atom. The average molecular weight is 518 g/mol. The summed E-state index contributed by atoms with van der Waals surface area (Å²) in [6.07, 6.45) is -1.87. The van der Waals surface area contributed by atoms with Crippen molar-refractivity contribution in [2.75, 3.05) is 19.3 Å². The number of benzene rings is 2. The molecule has 0 saturated carbocycles. The topological polar surface area (TPSA) is 169 Å². The number of aromatic nitrogens is 2. The third kappa shape index (κ3) is 5.98. The van der Waals surface area contributed by atoms with E-state index in [0.29, 0.717) is 31.0 Å². The third-order valence-corrected chi connectivity index (χ3v) is 6.87. The predicted molar refractivity (Wildman–Crippen MR) is 124 cm³/mol. The molecule has 1 aromatic heterocycles. The van der Waals surface area contributed by atoms with Crippen LogP contribution in [-0.4, -0.2) is 71.1 Å². The van der Waals surface area contributed by atoms with Gasteiger partial charge in [0.1, 0.15) is 0 Å². The van der Waals surface area contributed by atoms with E-state index in [2.05, 4.69) is 10.1 Å². The summed E-state index contributed by atoms with van der Waals surface area (Å²) < 4.78 is 38.1. The number of hydrogen-bond donors (Lipinski definition) is 2. The number of ether oxygens (including phenoxy) is 2. The fourth-order valence-electron chi connectivity index (χ4n) is 3.92. The van der Waals surface area contributed by atoms with Crippen LogP contribution in [0.5, 0.6) is 0 Å². The number of likely N-dealkylation sites (tertiary alicyclic amines) is 1. The molecule has 1 aliphatic rings. The van der Waals surface area contributed by atoms with Crippen LogP contribution in [0.2, 0.25) is 0 Å². The first-order valence-electron chi connectivity index (χ1n) is 10.8.